The molecular weight excluding hydrogens is 348 g/mol. The standard InChI is InChI=1S/C19H20N4O2S/c1-14-6-8-16(9-7-14)23-13-21-22-19(23)26-12-18(24)20-11-15-4-3-5-17(10-15)25-2/h3-10,13H,11-12H2,1-2H3,(H,20,24). The van der Waals surface area contributed by atoms with Crippen molar-refractivity contribution in [3.05, 3.63) is 66.0 Å². The van der Waals surface area contributed by atoms with Gasteiger partial charge in [-0.05, 0) is 36.8 Å². The van der Waals surface area contributed by atoms with Crippen molar-refractivity contribution in [3.8, 4) is 11.4 Å². The average molecular weight is 368 g/mol. The zero-order chi connectivity index (χ0) is 18.4. The number of carbonyl (C=O) groups is 1. The van der Waals surface area contributed by atoms with Gasteiger partial charge < -0.3 is 10.1 Å². The number of amides is 1. The fourth-order valence-electron chi connectivity index (χ4n) is 2.37. The first-order valence-electron chi connectivity index (χ1n) is 8.15. The highest BCUT2D eigenvalue weighted by atomic mass is 32.2. The van der Waals surface area contributed by atoms with Crippen molar-refractivity contribution in [2.24, 2.45) is 0 Å². The van der Waals surface area contributed by atoms with Gasteiger partial charge in [-0.3, -0.25) is 9.36 Å². The number of methoxy groups -OCH3 is 1. The number of nitrogens with zero attached hydrogens (tertiary/aromatic N) is 3. The molecule has 0 fully saturated rings. The van der Waals surface area contributed by atoms with Crippen molar-refractivity contribution >= 4 is 17.7 Å². The maximum atomic E-state index is 12.1. The first-order chi connectivity index (χ1) is 12.7. The van der Waals surface area contributed by atoms with Crippen LogP contribution in [0.5, 0.6) is 5.75 Å². The van der Waals surface area contributed by atoms with Crippen LogP contribution in [0, 0.1) is 6.92 Å². The summed E-state index contributed by atoms with van der Waals surface area (Å²) < 4.78 is 7.06. The second-order valence-corrected chi connectivity index (χ2v) is 6.68. The lowest BCUT2D eigenvalue weighted by atomic mass is 10.2. The lowest BCUT2D eigenvalue weighted by Crippen LogP contribution is -2.24. The number of aryl methyl sites for hydroxylation is 1. The maximum absolute atomic E-state index is 12.1. The minimum absolute atomic E-state index is 0.0590. The highest BCUT2D eigenvalue weighted by Gasteiger charge is 2.10. The Morgan fingerprint density at radius 3 is 2.81 bits per heavy atom. The van der Waals surface area contributed by atoms with Gasteiger partial charge in [-0.1, -0.05) is 41.6 Å². The molecule has 1 amide bonds. The predicted octanol–water partition coefficient (Wildman–Crippen LogP) is 2.99. The molecular formula is C19H20N4O2S. The smallest absolute Gasteiger partial charge is 0.230 e. The minimum atomic E-state index is -0.0590. The number of thioether (sulfide) groups is 1. The second kappa shape index (κ2) is 8.53. The molecule has 3 rings (SSSR count). The highest BCUT2D eigenvalue weighted by Crippen LogP contribution is 2.19. The number of aromatic nitrogens is 3. The molecule has 0 unspecified atom stereocenters. The van der Waals surface area contributed by atoms with Crippen LogP contribution >= 0.6 is 11.8 Å². The number of hydrogen-bond acceptors (Lipinski definition) is 5. The zero-order valence-corrected chi connectivity index (χ0v) is 15.5. The van der Waals surface area contributed by atoms with Crippen molar-refractivity contribution in [2.75, 3.05) is 12.9 Å². The summed E-state index contributed by atoms with van der Waals surface area (Å²) in [5.74, 6) is 0.989. The van der Waals surface area contributed by atoms with E-state index in [1.807, 2.05) is 60.0 Å². The van der Waals surface area contributed by atoms with Crippen LogP contribution < -0.4 is 10.1 Å². The third kappa shape index (κ3) is 4.64. The minimum Gasteiger partial charge on any atom is -0.497 e. The van der Waals surface area contributed by atoms with Gasteiger partial charge in [-0.15, -0.1) is 10.2 Å². The molecule has 6 nitrogen and oxygen atoms in total. The molecule has 26 heavy (non-hydrogen) atoms. The fourth-order valence-corrected chi connectivity index (χ4v) is 3.13. The van der Waals surface area contributed by atoms with Crippen LogP contribution in [0.15, 0.2) is 60.0 Å². The van der Waals surface area contributed by atoms with Gasteiger partial charge in [0.05, 0.1) is 12.9 Å². The second-order valence-electron chi connectivity index (χ2n) is 5.74. The Hall–Kier alpha value is -2.80. The van der Waals surface area contributed by atoms with E-state index in [-0.39, 0.29) is 11.7 Å². The Morgan fingerprint density at radius 2 is 2.04 bits per heavy atom. The zero-order valence-electron chi connectivity index (χ0n) is 14.7. The van der Waals surface area contributed by atoms with E-state index in [9.17, 15) is 4.79 Å². The van der Waals surface area contributed by atoms with E-state index in [1.54, 1.807) is 13.4 Å². The van der Waals surface area contributed by atoms with Crippen LogP contribution in [0.4, 0.5) is 0 Å². The normalized spacial score (nSPS) is 10.5. The van der Waals surface area contributed by atoms with Gasteiger partial charge >= 0.3 is 0 Å². The first-order valence-corrected chi connectivity index (χ1v) is 9.14. The largest absolute Gasteiger partial charge is 0.497 e. The van der Waals surface area contributed by atoms with E-state index in [2.05, 4.69) is 15.5 Å². The van der Waals surface area contributed by atoms with Crippen LogP contribution in [0.3, 0.4) is 0 Å². The predicted molar refractivity (Wildman–Crippen MR) is 102 cm³/mol. The van der Waals surface area contributed by atoms with Gasteiger partial charge in [0.1, 0.15) is 12.1 Å². The summed E-state index contributed by atoms with van der Waals surface area (Å²) in [6, 6.07) is 15.7. The molecule has 134 valence electrons. The monoisotopic (exact) mass is 368 g/mol. The van der Waals surface area contributed by atoms with E-state index in [0.717, 1.165) is 17.0 Å². The molecule has 0 aliphatic rings. The van der Waals surface area contributed by atoms with Crippen LogP contribution in [-0.4, -0.2) is 33.5 Å². The summed E-state index contributed by atoms with van der Waals surface area (Å²) in [6.45, 7) is 2.50. The van der Waals surface area contributed by atoms with Crippen LogP contribution in [0.25, 0.3) is 5.69 Å². The van der Waals surface area contributed by atoms with Crippen LogP contribution in [-0.2, 0) is 11.3 Å². The SMILES string of the molecule is COc1cccc(CNC(=O)CSc2nncn2-c2ccc(C)cc2)c1. The van der Waals surface area contributed by atoms with E-state index < -0.39 is 0 Å². The molecule has 0 aliphatic carbocycles. The van der Waals surface area contributed by atoms with Gasteiger partial charge in [0.2, 0.25) is 5.91 Å². The summed E-state index contributed by atoms with van der Waals surface area (Å²) in [5, 5.41) is 11.7. The Bertz CT molecular complexity index is 877. The number of nitrogens with one attached hydrogen (secondary N) is 1. The van der Waals surface area contributed by atoms with Gasteiger partial charge in [-0.2, -0.15) is 0 Å². The van der Waals surface area contributed by atoms with Crippen molar-refractivity contribution in [1.29, 1.82) is 0 Å². The molecule has 7 heteroatoms. The summed E-state index contributed by atoms with van der Waals surface area (Å²) in [6.07, 6.45) is 1.65. The molecule has 1 N–H and O–H groups in total. The van der Waals surface area contributed by atoms with E-state index in [4.69, 9.17) is 4.74 Å². The van der Waals surface area contributed by atoms with Crippen LogP contribution in [0.2, 0.25) is 0 Å². The summed E-state index contributed by atoms with van der Waals surface area (Å²) in [5.41, 5.74) is 3.15. The Morgan fingerprint density at radius 1 is 1.23 bits per heavy atom. The summed E-state index contributed by atoms with van der Waals surface area (Å²) >= 11 is 1.36. The van der Waals surface area contributed by atoms with Gasteiger partial charge in [-0.25, -0.2) is 0 Å². The molecule has 0 saturated heterocycles. The molecule has 1 heterocycles. The number of hydrogen-bond donors (Lipinski definition) is 1. The lowest BCUT2D eigenvalue weighted by molar-refractivity contribution is -0.118. The third-order valence-corrected chi connectivity index (χ3v) is 4.73. The van der Waals surface area contributed by atoms with Crippen LogP contribution in [0.1, 0.15) is 11.1 Å². The average Bonchev–Trinajstić information content (AvgIpc) is 3.14. The molecule has 0 spiro atoms. The molecule has 0 radical (unpaired) electrons. The fraction of sp³-hybridized carbons (Fsp3) is 0.211. The van der Waals surface area contributed by atoms with Crippen molar-refractivity contribution in [3.63, 3.8) is 0 Å². The number of benzene rings is 2. The lowest BCUT2D eigenvalue weighted by Gasteiger charge is -2.08. The Labute approximate surface area is 156 Å². The molecule has 0 bridgehead atoms. The molecule has 0 atom stereocenters. The molecule has 0 aliphatic heterocycles. The van der Waals surface area contributed by atoms with Gasteiger partial charge in [0, 0.05) is 12.2 Å². The van der Waals surface area contributed by atoms with Gasteiger partial charge in [0.15, 0.2) is 5.16 Å². The topological polar surface area (TPSA) is 69.0 Å². The molecule has 3 aromatic rings. The number of rotatable bonds is 7. The van der Waals surface area contributed by atoms with E-state index >= 15 is 0 Å². The number of ether oxygens (including phenoxy) is 1. The van der Waals surface area contributed by atoms with Crippen molar-refractivity contribution < 1.29 is 9.53 Å². The highest BCUT2D eigenvalue weighted by molar-refractivity contribution is 7.99. The van der Waals surface area contributed by atoms with Crippen molar-refractivity contribution in [2.45, 2.75) is 18.6 Å². The maximum Gasteiger partial charge on any atom is 0.230 e. The third-order valence-electron chi connectivity index (χ3n) is 3.78. The Kier molecular flexibility index (Phi) is 5.91. The number of carbonyl (C=O) groups excluding carboxylic acids is 1. The van der Waals surface area contributed by atoms with E-state index in [1.165, 1.54) is 17.3 Å². The van der Waals surface area contributed by atoms with Gasteiger partial charge in [0.25, 0.3) is 0 Å². The molecule has 0 saturated carbocycles. The quantitative estimate of drug-likeness (QED) is 0.649. The summed E-state index contributed by atoms with van der Waals surface area (Å²) in [7, 11) is 1.62. The molecule has 2 aromatic carbocycles. The Balaban J connectivity index is 1.55. The van der Waals surface area contributed by atoms with E-state index in [0.29, 0.717) is 11.7 Å². The summed E-state index contributed by atoms with van der Waals surface area (Å²) in [4.78, 5) is 12.1. The first kappa shape index (κ1) is 18.0. The van der Waals surface area contributed by atoms with Crippen molar-refractivity contribution in [1.82, 2.24) is 20.1 Å². The molecule has 1 aromatic heterocycles.